The predicted molar refractivity (Wildman–Crippen MR) is 93.9 cm³/mol. The predicted octanol–water partition coefficient (Wildman–Crippen LogP) is -1.92. The lowest BCUT2D eigenvalue weighted by Gasteiger charge is -2.19. The van der Waals surface area contributed by atoms with Gasteiger partial charge in [0.25, 0.3) is 0 Å². The molecule has 0 bridgehead atoms. The number of nitrogens with zero attached hydrogens (tertiary/aromatic N) is 3. The van der Waals surface area contributed by atoms with Crippen LogP contribution in [0.15, 0.2) is 17.3 Å². The van der Waals surface area contributed by atoms with Crippen molar-refractivity contribution >= 4 is 34.6 Å². The van der Waals surface area contributed by atoms with Gasteiger partial charge in [0.2, 0.25) is 0 Å². The smallest absolute Gasteiger partial charge is 0.387 e. The summed E-state index contributed by atoms with van der Waals surface area (Å²) in [4.78, 5) is 57.7. The lowest BCUT2D eigenvalue weighted by Crippen LogP contribution is -2.35. The van der Waals surface area contributed by atoms with Gasteiger partial charge in [0, 0.05) is 0 Å². The summed E-state index contributed by atoms with van der Waals surface area (Å²) in [7, 11) is -16.8. The molecule has 0 amide bonds. The molecule has 1 fully saturated rings. The van der Waals surface area contributed by atoms with Gasteiger partial charge in [-0.25, -0.2) is 33.0 Å². The van der Waals surface area contributed by atoms with Crippen LogP contribution in [0, 0.1) is 0 Å². The van der Waals surface area contributed by atoms with E-state index >= 15 is 0 Å². The highest BCUT2D eigenvalue weighted by Crippen LogP contribution is 2.66. The maximum Gasteiger partial charge on any atom is 0.490 e. The quantitative estimate of drug-likeness (QED) is 0.191. The second-order valence-corrected chi connectivity index (χ2v) is 10.4. The Kier molecular flexibility index (Phi) is 6.68. The third-order valence-electron chi connectivity index (χ3n) is 3.79. The Bertz CT molecular complexity index is 1160. The fraction of sp³-hybridized carbons (Fsp3) is 0.500. The molecule has 7 N–H and O–H groups in total. The minimum Gasteiger partial charge on any atom is -0.387 e. The Hall–Kier alpha value is -1.36. The van der Waals surface area contributed by atoms with Crippen molar-refractivity contribution in [3.05, 3.63) is 23.0 Å². The van der Waals surface area contributed by atoms with Gasteiger partial charge in [-0.2, -0.15) is 8.62 Å². The van der Waals surface area contributed by atoms with Crippen LogP contribution in [0.1, 0.15) is 6.23 Å². The van der Waals surface area contributed by atoms with Crippen LogP contribution in [0.25, 0.3) is 11.2 Å². The highest BCUT2D eigenvalue weighted by molar-refractivity contribution is 7.66. The van der Waals surface area contributed by atoms with E-state index in [1.165, 1.54) is 6.20 Å². The minimum atomic E-state index is -5.73. The molecule has 31 heavy (non-hydrogen) atoms. The molecule has 0 saturated carbocycles. The number of ether oxygens (including phenoxy) is 1. The van der Waals surface area contributed by atoms with E-state index in [1.807, 2.05) is 0 Å². The van der Waals surface area contributed by atoms with Crippen molar-refractivity contribution in [2.24, 2.45) is 0 Å². The number of fused-ring (bicyclic) bond motifs is 1. The van der Waals surface area contributed by atoms with E-state index in [2.05, 4.69) is 28.1 Å². The van der Waals surface area contributed by atoms with Crippen molar-refractivity contribution < 1.29 is 61.4 Å². The lowest BCUT2D eigenvalue weighted by molar-refractivity contribution is -0.0517. The third-order valence-corrected chi connectivity index (χ3v) is 7.59. The van der Waals surface area contributed by atoms with Crippen LogP contribution in [0.5, 0.6) is 0 Å². The van der Waals surface area contributed by atoms with Crippen molar-refractivity contribution in [3.8, 4) is 0 Å². The van der Waals surface area contributed by atoms with Crippen LogP contribution in [-0.2, 0) is 31.6 Å². The average molecular weight is 508 g/mol. The number of phosphoric ester groups is 1. The Morgan fingerprint density at radius 3 is 2.42 bits per heavy atom. The number of aliphatic hydroxyl groups is 2. The van der Waals surface area contributed by atoms with Crippen molar-refractivity contribution in [2.75, 3.05) is 6.61 Å². The number of aromatic nitrogens is 4. The maximum atomic E-state index is 12.2. The normalized spacial score (nSPS) is 28.5. The van der Waals surface area contributed by atoms with E-state index < -0.39 is 60.3 Å². The molecule has 1 saturated heterocycles. The molecular weight excluding hydrogens is 493 g/mol. The first kappa shape index (κ1) is 24.3. The number of hydrogen-bond acceptors (Lipinski definition) is 12. The summed E-state index contributed by atoms with van der Waals surface area (Å²) < 4.78 is 51.3. The molecule has 2 aromatic heterocycles. The number of H-pyrrole nitrogens is 1. The zero-order valence-electron chi connectivity index (χ0n) is 14.8. The number of phosphoric acid groups is 3. The van der Waals surface area contributed by atoms with Crippen LogP contribution in [0.2, 0.25) is 0 Å². The number of hydrogen-bond donors (Lipinski definition) is 7. The second-order valence-electron chi connectivity index (χ2n) is 5.99. The average Bonchev–Trinajstić information content (AvgIpc) is 3.06. The fourth-order valence-corrected chi connectivity index (χ4v) is 5.69. The summed E-state index contributed by atoms with van der Waals surface area (Å²) in [6.07, 6.45) is -4.19. The van der Waals surface area contributed by atoms with E-state index in [-0.39, 0.29) is 11.2 Å². The molecule has 21 heteroatoms. The number of nitrogens with one attached hydrogen (secondary N) is 1. The van der Waals surface area contributed by atoms with Gasteiger partial charge in [0.05, 0.1) is 12.8 Å². The first-order valence-electron chi connectivity index (χ1n) is 7.89. The van der Waals surface area contributed by atoms with Crippen LogP contribution in [0.3, 0.4) is 0 Å². The molecule has 0 aliphatic carbocycles. The number of rotatable bonds is 8. The van der Waals surface area contributed by atoms with Crippen LogP contribution >= 0.6 is 23.5 Å². The SMILES string of the molecule is O=c1[nH]c2cncnc2n1[C@@H]1O[C@H](COP(=O)(O)OP(=O)(O)OP(=O)(O)O)[C@@H](O)[C@H]1O. The first-order chi connectivity index (χ1) is 14.2. The molecule has 2 aromatic rings. The molecule has 18 nitrogen and oxygen atoms in total. The summed E-state index contributed by atoms with van der Waals surface area (Å²) in [6.45, 7) is -1.02. The molecular formula is C10H15N4O14P3. The Balaban J connectivity index is 1.71. The van der Waals surface area contributed by atoms with Gasteiger partial charge in [-0.15, -0.1) is 0 Å². The van der Waals surface area contributed by atoms with Gasteiger partial charge >= 0.3 is 29.2 Å². The van der Waals surface area contributed by atoms with Crippen LogP contribution in [-0.4, -0.2) is 74.2 Å². The van der Waals surface area contributed by atoms with E-state index in [0.29, 0.717) is 0 Å². The molecule has 1 aliphatic rings. The van der Waals surface area contributed by atoms with Gasteiger partial charge < -0.3 is 39.5 Å². The van der Waals surface area contributed by atoms with Crippen molar-refractivity contribution in [2.45, 2.75) is 24.5 Å². The van der Waals surface area contributed by atoms with Crippen LogP contribution in [0.4, 0.5) is 0 Å². The topological polar surface area (TPSA) is 273 Å². The van der Waals surface area contributed by atoms with E-state index in [4.69, 9.17) is 19.4 Å². The zero-order valence-corrected chi connectivity index (χ0v) is 17.5. The van der Waals surface area contributed by atoms with E-state index in [9.17, 15) is 33.6 Å². The van der Waals surface area contributed by atoms with Gasteiger partial charge in [0.1, 0.15) is 30.2 Å². The van der Waals surface area contributed by atoms with E-state index in [0.717, 1.165) is 10.9 Å². The second kappa shape index (κ2) is 8.53. The van der Waals surface area contributed by atoms with Gasteiger partial charge in [-0.3, -0.25) is 4.52 Å². The fourth-order valence-electron chi connectivity index (χ4n) is 2.66. The zero-order chi connectivity index (χ0) is 23.2. The van der Waals surface area contributed by atoms with Gasteiger partial charge in [-0.1, -0.05) is 0 Å². The Morgan fingerprint density at radius 1 is 1.10 bits per heavy atom. The number of imidazole rings is 1. The van der Waals surface area contributed by atoms with Crippen LogP contribution < -0.4 is 5.69 Å². The summed E-state index contributed by atoms with van der Waals surface area (Å²) in [6, 6.07) is 0. The summed E-state index contributed by atoms with van der Waals surface area (Å²) in [5, 5.41) is 20.3. The molecule has 0 spiro atoms. The molecule has 174 valence electrons. The first-order valence-corrected chi connectivity index (χ1v) is 12.4. The summed E-state index contributed by atoms with van der Waals surface area (Å²) in [5.41, 5.74) is -0.570. The number of aromatic amines is 1. The Labute approximate surface area is 170 Å². The van der Waals surface area contributed by atoms with Crippen molar-refractivity contribution in [1.82, 2.24) is 19.5 Å². The molecule has 1 aliphatic heterocycles. The van der Waals surface area contributed by atoms with E-state index in [1.54, 1.807) is 0 Å². The molecule has 3 heterocycles. The third kappa shape index (κ3) is 5.71. The van der Waals surface area contributed by atoms with Gasteiger partial charge in [-0.05, 0) is 0 Å². The highest BCUT2D eigenvalue weighted by atomic mass is 31.3. The van der Waals surface area contributed by atoms with Crippen molar-refractivity contribution in [1.29, 1.82) is 0 Å². The summed E-state index contributed by atoms with van der Waals surface area (Å²) in [5.74, 6) is 0. The van der Waals surface area contributed by atoms with Gasteiger partial charge in [0.15, 0.2) is 11.9 Å². The molecule has 0 radical (unpaired) electrons. The summed E-state index contributed by atoms with van der Waals surface area (Å²) >= 11 is 0. The maximum absolute atomic E-state index is 12.2. The monoisotopic (exact) mass is 508 g/mol. The largest absolute Gasteiger partial charge is 0.490 e. The highest BCUT2D eigenvalue weighted by Gasteiger charge is 2.47. The number of aliphatic hydroxyl groups excluding tert-OH is 2. The molecule has 2 unspecified atom stereocenters. The molecule has 6 atom stereocenters. The lowest BCUT2D eigenvalue weighted by atomic mass is 10.1. The Morgan fingerprint density at radius 2 is 1.77 bits per heavy atom. The molecule has 0 aromatic carbocycles. The molecule has 3 rings (SSSR count). The standard InChI is InChI=1S/C10H15N4O14P3/c15-6-5(2-25-30(21,22)28-31(23,24)27-29(18,19)20)26-9(7(6)16)14-8-4(13-10(14)17)1-11-3-12-8/h1,3,5-7,9,15-16H,2H2,(H,13,17)(H,21,22)(H,23,24)(H2,18,19,20)/t5-,6-,7-,9-/m1/s1. The minimum absolute atomic E-state index is 0.0183. The van der Waals surface area contributed by atoms with Crippen molar-refractivity contribution in [3.63, 3.8) is 0 Å².